The van der Waals surface area contributed by atoms with E-state index in [2.05, 4.69) is 30.1 Å². The van der Waals surface area contributed by atoms with Gasteiger partial charge < -0.3 is 14.8 Å². The van der Waals surface area contributed by atoms with Gasteiger partial charge in [0.2, 0.25) is 0 Å². The van der Waals surface area contributed by atoms with Crippen molar-refractivity contribution in [2.24, 2.45) is 11.3 Å². The monoisotopic (exact) mass is 466 g/mol. The Morgan fingerprint density at radius 3 is 2.59 bits per heavy atom. The fourth-order valence-electron chi connectivity index (χ4n) is 5.90. The number of halogens is 1. The molecule has 3 heterocycles. The van der Waals surface area contributed by atoms with Gasteiger partial charge in [-0.1, -0.05) is 32.0 Å². The Balaban J connectivity index is 1.34. The van der Waals surface area contributed by atoms with Crippen LogP contribution in [0.4, 0.5) is 9.18 Å². The number of carbonyl (C=O) groups excluding carboxylic acids is 1. The third-order valence-electron chi connectivity index (χ3n) is 7.62. The number of piperidine rings is 3. The topological polar surface area (TPSA) is 50.8 Å². The van der Waals surface area contributed by atoms with Gasteiger partial charge in [0, 0.05) is 12.1 Å². The van der Waals surface area contributed by atoms with E-state index in [4.69, 9.17) is 9.47 Å². The molecule has 0 saturated carbocycles. The van der Waals surface area contributed by atoms with E-state index in [-0.39, 0.29) is 35.6 Å². The summed E-state index contributed by atoms with van der Waals surface area (Å²) in [5, 5.41) is 3.16. The fraction of sp³-hybridized carbons (Fsp3) is 0.536. The van der Waals surface area contributed by atoms with Gasteiger partial charge >= 0.3 is 6.09 Å². The smallest absolute Gasteiger partial charge is 0.407 e. The lowest BCUT2D eigenvalue weighted by atomic mass is 9.85. The van der Waals surface area contributed by atoms with Gasteiger partial charge in [0.05, 0.1) is 12.1 Å². The molecule has 1 N–H and O–H groups in total. The summed E-state index contributed by atoms with van der Waals surface area (Å²) in [4.78, 5) is 15.3. The van der Waals surface area contributed by atoms with Crippen LogP contribution in [0.1, 0.15) is 57.7 Å². The Kier molecular flexibility index (Phi) is 6.05. The number of fused-ring (bicyclic) bond motifs is 4. The number of hydrogen-bond donors (Lipinski definition) is 1. The van der Waals surface area contributed by atoms with Gasteiger partial charge in [-0.15, -0.1) is 0 Å². The summed E-state index contributed by atoms with van der Waals surface area (Å²) in [5.41, 5.74) is 3.38. The van der Waals surface area contributed by atoms with Crippen molar-refractivity contribution >= 4 is 6.09 Å². The van der Waals surface area contributed by atoms with E-state index in [9.17, 15) is 9.18 Å². The first-order valence-electron chi connectivity index (χ1n) is 12.5. The Hall–Kier alpha value is -2.60. The molecule has 3 aliphatic heterocycles. The number of hydrogen-bond acceptors (Lipinski definition) is 4. The van der Waals surface area contributed by atoms with E-state index < -0.39 is 0 Å². The molecule has 2 aromatic rings. The lowest BCUT2D eigenvalue weighted by Gasteiger charge is -2.44. The lowest BCUT2D eigenvalue weighted by molar-refractivity contribution is -0.0348. The molecule has 2 bridgehead atoms. The zero-order chi connectivity index (χ0) is 24.0. The summed E-state index contributed by atoms with van der Waals surface area (Å²) >= 11 is 0. The van der Waals surface area contributed by atoms with Crippen LogP contribution in [0, 0.1) is 17.2 Å². The maximum absolute atomic E-state index is 14.7. The van der Waals surface area contributed by atoms with Gasteiger partial charge in [-0.25, -0.2) is 9.18 Å². The highest BCUT2D eigenvalue weighted by Crippen LogP contribution is 2.46. The SMILES string of the molecule is CC(C)Oc1ccc(F)c(-c2ccc3c(c2)CC(C)(C)C3NC(=O)O[C@@H]2CN3CCC2CC3)c1. The average molecular weight is 467 g/mol. The fourth-order valence-corrected chi connectivity index (χ4v) is 5.90. The normalized spacial score (nSPS) is 26.9. The van der Waals surface area contributed by atoms with Gasteiger partial charge in [-0.05, 0) is 92.4 Å². The van der Waals surface area contributed by atoms with Gasteiger partial charge in [-0.3, -0.25) is 4.90 Å². The first-order chi connectivity index (χ1) is 16.2. The van der Waals surface area contributed by atoms with E-state index in [0.29, 0.717) is 17.2 Å². The number of carbonyl (C=O) groups is 1. The summed E-state index contributed by atoms with van der Waals surface area (Å²) in [6.45, 7) is 11.3. The van der Waals surface area contributed by atoms with Crippen molar-refractivity contribution in [3.05, 3.63) is 53.3 Å². The maximum atomic E-state index is 14.7. The van der Waals surface area contributed by atoms with E-state index in [1.807, 2.05) is 26.0 Å². The van der Waals surface area contributed by atoms with Gasteiger partial charge in [0.1, 0.15) is 17.7 Å². The quantitative estimate of drug-likeness (QED) is 0.612. The maximum Gasteiger partial charge on any atom is 0.407 e. The summed E-state index contributed by atoms with van der Waals surface area (Å²) in [6, 6.07) is 10.7. The molecule has 4 aliphatic rings. The number of ether oxygens (including phenoxy) is 2. The largest absolute Gasteiger partial charge is 0.491 e. The van der Waals surface area contributed by atoms with E-state index in [1.165, 1.54) is 6.07 Å². The minimum absolute atomic E-state index is 0.0165. The molecular weight excluding hydrogens is 431 g/mol. The molecule has 6 rings (SSSR count). The molecule has 1 aliphatic carbocycles. The van der Waals surface area contributed by atoms with Crippen LogP contribution in [0.2, 0.25) is 0 Å². The molecule has 2 aromatic carbocycles. The van der Waals surface area contributed by atoms with Crippen molar-refractivity contribution in [1.82, 2.24) is 10.2 Å². The minimum atomic E-state index is -0.335. The summed E-state index contributed by atoms with van der Waals surface area (Å²) in [7, 11) is 0. The average Bonchev–Trinajstić information content (AvgIpc) is 3.04. The van der Waals surface area contributed by atoms with Crippen molar-refractivity contribution in [3.8, 4) is 16.9 Å². The zero-order valence-electron chi connectivity index (χ0n) is 20.6. The number of nitrogens with zero attached hydrogens (tertiary/aromatic N) is 1. The Morgan fingerprint density at radius 1 is 1.15 bits per heavy atom. The molecule has 5 nitrogen and oxygen atoms in total. The lowest BCUT2D eigenvalue weighted by Crippen LogP contribution is -2.53. The van der Waals surface area contributed by atoms with Gasteiger partial charge in [-0.2, -0.15) is 0 Å². The highest BCUT2D eigenvalue weighted by molar-refractivity contribution is 5.71. The molecule has 6 heteroatoms. The molecular formula is C28H35FN2O3. The zero-order valence-corrected chi connectivity index (χ0v) is 20.6. The van der Waals surface area contributed by atoms with Crippen LogP contribution in [-0.4, -0.2) is 42.8 Å². The molecule has 0 radical (unpaired) electrons. The predicted octanol–water partition coefficient (Wildman–Crippen LogP) is 5.72. The van der Waals surface area contributed by atoms with E-state index >= 15 is 0 Å². The first kappa shape index (κ1) is 23.2. The number of benzene rings is 2. The molecule has 182 valence electrons. The molecule has 0 aromatic heterocycles. The molecule has 2 atom stereocenters. The van der Waals surface area contributed by atoms with Gasteiger partial charge in [0.15, 0.2) is 0 Å². The van der Waals surface area contributed by atoms with Crippen LogP contribution in [0.25, 0.3) is 11.1 Å². The van der Waals surface area contributed by atoms with Gasteiger partial charge in [0.25, 0.3) is 0 Å². The number of alkyl carbamates (subject to hydrolysis) is 1. The molecule has 34 heavy (non-hydrogen) atoms. The standard InChI is InChI=1S/C28H35FN2O3/c1-17(2)33-21-6-8-24(29)23(14-21)19-5-7-22-20(13-19)15-28(3,4)26(22)30-27(32)34-25-16-31-11-9-18(25)10-12-31/h5-8,13-14,17-18,25-26H,9-12,15-16H2,1-4H3,(H,30,32)/t25-,26?/m1/s1. The number of rotatable bonds is 5. The highest BCUT2D eigenvalue weighted by atomic mass is 19.1. The third kappa shape index (κ3) is 4.52. The van der Waals surface area contributed by atoms with Crippen molar-refractivity contribution < 1.29 is 18.7 Å². The molecule has 3 fully saturated rings. The van der Waals surface area contributed by atoms with Crippen LogP contribution >= 0.6 is 0 Å². The minimum Gasteiger partial charge on any atom is -0.491 e. The summed E-state index contributed by atoms with van der Waals surface area (Å²) in [6.07, 6.45) is 2.68. The number of amides is 1. The molecule has 0 spiro atoms. The van der Waals surface area contributed by atoms with Crippen molar-refractivity contribution in [3.63, 3.8) is 0 Å². The summed E-state index contributed by atoms with van der Waals surface area (Å²) < 4.78 is 26.4. The van der Waals surface area contributed by atoms with Crippen LogP contribution < -0.4 is 10.1 Å². The van der Waals surface area contributed by atoms with Crippen molar-refractivity contribution in [1.29, 1.82) is 0 Å². The predicted molar refractivity (Wildman–Crippen MR) is 130 cm³/mol. The highest BCUT2D eigenvalue weighted by Gasteiger charge is 2.42. The van der Waals surface area contributed by atoms with Crippen LogP contribution in [0.3, 0.4) is 0 Å². The second-order valence-corrected chi connectivity index (χ2v) is 11.0. The summed E-state index contributed by atoms with van der Waals surface area (Å²) in [5.74, 6) is 0.860. The van der Waals surface area contributed by atoms with Crippen molar-refractivity contribution in [2.45, 2.75) is 65.2 Å². The van der Waals surface area contributed by atoms with Crippen LogP contribution in [0.5, 0.6) is 5.75 Å². The first-order valence-corrected chi connectivity index (χ1v) is 12.5. The molecule has 1 amide bonds. The third-order valence-corrected chi connectivity index (χ3v) is 7.62. The van der Waals surface area contributed by atoms with Crippen molar-refractivity contribution in [2.75, 3.05) is 19.6 Å². The second kappa shape index (κ2) is 8.88. The number of nitrogens with one attached hydrogen (secondary N) is 1. The molecule has 3 saturated heterocycles. The van der Waals surface area contributed by atoms with Crippen LogP contribution in [0.15, 0.2) is 36.4 Å². The van der Waals surface area contributed by atoms with E-state index in [1.54, 1.807) is 12.1 Å². The Bertz CT molecular complexity index is 1080. The van der Waals surface area contributed by atoms with E-state index in [0.717, 1.165) is 55.6 Å². The Labute approximate surface area is 201 Å². The molecule has 1 unspecified atom stereocenters. The Morgan fingerprint density at radius 2 is 1.91 bits per heavy atom. The van der Waals surface area contributed by atoms with Crippen LogP contribution in [-0.2, 0) is 11.2 Å². The second-order valence-electron chi connectivity index (χ2n) is 11.0.